The number of hydrogen-bond acceptors (Lipinski definition) is 5. The molecule has 1 amide bonds. The normalized spacial score (nSPS) is 10.8. The average Bonchev–Trinajstić information content (AvgIpc) is 2.75. The lowest BCUT2D eigenvalue weighted by atomic mass is 10.1. The zero-order valence-corrected chi connectivity index (χ0v) is 17.0. The highest BCUT2D eigenvalue weighted by molar-refractivity contribution is 6.32. The van der Waals surface area contributed by atoms with E-state index in [0.717, 1.165) is 16.3 Å². The summed E-state index contributed by atoms with van der Waals surface area (Å²) in [6.45, 7) is 1.90. The van der Waals surface area contributed by atoms with Crippen molar-refractivity contribution in [3.63, 3.8) is 0 Å². The highest BCUT2D eigenvalue weighted by atomic mass is 35.5. The smallest absolute Gasteiger partial charge is 0.267 e. The van der Waals surface area contributed by atoms with Gasteiger partial charge in [-0.15, -0.1) is 0 Å². The molecular formula is C22H15ClN4O4. The molecule has 31 heavy (non-hydrogen) atoms. The molecule has 8 nitrogen and oxygen atoms in total. The largest absolute Gasteiger partial charge is 0.288 e. The third kappa shape index (κ3) is 3.88. The Morgan fingerprint density at radius 3 is 2.61 bits per heavy atom. The van der Waals surface area contributed by atoms with Crippen LogP contribution in [-0.4, -0.2) is 20.5 Å². The first-order valence-corrected chi connectivity index (χ1v) is 9.57. The number of halogens is 1. The molecule has 0 aliphatic heterocycles. The summed E-state index contributed by atoms with van der Waals surface area (Å²) in [7, 11) is 0. The fourth-order valence-electron chi connectivity index (χ4n) is 3.17. The highest BCUT2D eigenvalue weighted by Crippen LogP contribution is 2.25. The molecule has 0 atom stereocenters. The van der Waals surface area contributed by atoms with Crippen LogP contribution >= 0.6 is 11.6 Å². The van der Waals surface area contributed by atoms with Gasteiger partial charge in [0.05, 0.1) is 15.8 Å². The number of benzene rings is 3. The Bertz CT molecular complexity index is 1410. The number of carbonyl (C=O) groups is 1. The number of nitro benzene ring substituents is 1. The topological polar surface area (TPSA) is 107 Å². The van der Waals surface area contributed by atoms with E-state index >= 15 is 0 Å². The quantitative estimate of drug-likeness (QED) is 0.380. The third-order valence-corrected chi connectivity index (χ3v) is 4.99. The number of nitro groups is 1. The fourth-order valence-corrected chi connectivity index (χ4v) is 3.36. The zero-order chi connectivity index (χ0) is 22.1. The van der Waals surface area contributed by atoms with Crippen molar-refractivity contribution in [1.29, 1.82) is 0 Å². The van der Waals surface area contributed by atoms with Gasteiger partial charge in [-0.05, 0) is 37.3 Å². The van der Waals surface area contributed by atoms with Gasteiger partial charge in [0.1, 0.15) is 5.02 Å². The van der Waals surface area contributed by atoms with E-state index in [-0.39, 0.29) is 16.4 Å². The van der Waals surface area contributed by atoms with Crippen molar-refractivity contribution in [3.8, 4) is 11.4 Å². The van der Waals surface area contributed by atoms with Gasteiger partial charge < -0.3 is 0 Å². The van der Waals surface area contributed by atoms with Gasteiger partial charge in [-0.2, -0.15) is 4.68 Å². The number of carbonyl (C=O) groups excluding carboxylic acids is 1. The van der Waals surface area contributed by atoms with Crippen LogP contribution in [0.15, 0.2) is 71.5 Å². The molecule has 0 radical (unpaired) electrons. The van der Waals surface area contributed by atoms with Crippen molar-refractivity contribution in [3.05, 3.63) is 103 Å². The minimum Gasteiger partial charge on any atom is -0.267 e. The number of aryl methyl sites for hydroxylation is 1. The van der Waals surface area contributed by atoms with E-state index in [9.17, 15) is 19.7 Å². The summed E-state index contributed by atoms with van der Waals surface area (Å²) in [6.07, 6.45) is 0. The number of nitrogens with one attached hydrogen (secondary N) is 1. The Morgan fingerprint density at radius 1 is 1.10 bits per heavy atom. The molecular weight excluding hydrogens is 420 g/mol. The van der Waals surface area contributed by atoms with E-state index in [4.69, 9.17) is 11.6 Å². The number of aromatic nitrogens is 2. The summed E-state index contributed by atoms with van der Waals surface area (Å²) in [6, 6.07) is 17.8. The van der Waals surface area contributed by atoms with Crippen LogP contribution in [0, 0.1) is 17.0 Å². The molecule has 0 spiro atoms. The highest BCUT2D eigenvalue weighted by Gasteiger charge is 2.19. The van der Waals surface area contributed by atoms with Crippen molar-refractivity contribution in [2.24, 2.45) is 0 Å². The van der Waals surface area contributed by atoms with Crippen molar-refractivity contribution < 1.29 is 9.72 Å². The molecule has 0 saturated heterocycles. The molecule has 0 aliphatic rings. The second-order valence-electron chi connectivity index (χ2n) is 6.83. The number of fused-ring (bicyclic) bond motifs is 1. The van der Waals surface area contributed by atoms with Gasteiger partial charge in [0.2, 0.25) is 0 Å². The van der Waals surface area contributed by atoms with Crippen molar-refractivity contribution in [2.75, 3.05) is 5.43 Å². The Morgan fingerprint density at radius 2 is 1.87 bits per heavy atom. The number of hydrogen-bond donors (Lipinski definition) is 1. The maximum atomic E-state index is 13.2. The molecule has 0 saturated carbocycles. The molecule has 9 heteroatoms. The predicted molar refractivity (Wildman–Crippen MR) is 118 cm³/mol. The lowest BCUT2D eigenvalue weighted by Gasteiger charge is -2.15. The van der Waals surface area contributed by atoms with E-state index in [0.29, 0.717) is 16.5 Å². The molecule has 0 fully saturated rings. The van der Waals surface area contributed by atoms with E-state index in [2.05, 4.69) is 10.4 Å². The first-order chi connectivity index (χ1) is 14.8. The van der Waals surface area contributed by atoms with Gasteiger partial charge in [-0.25, -0.2) is 4.98 Å². The van der Waals surface area contributed by atoms with Crippen LogP contribution in [0.4, 0.5) is 5.69 Å². The maximum Gasteiger partial charge on any atom is 0.288 e. The van der Waals surface area contributed by atoms with Crippen LogP contribution in [0.3, 0.4) is 0 Å². The standard InChI is InChI=1S/C22H15ClN4O4/c1-13-5-4-6-14(11-13)20-24-18-8-3-2-7-16(18)22(29)26(20)25-21(28)15-9-10-17(23)19(12-15)27(30)31/h2-12H,1H3,(H,25,28). The molecule has 154 valence electrons. The Kier molecular flexibility index (Phi) is 5.22. The SMILES string of the molecule is Cc1cccc(-c2nc3ccccc3c(=O)n2NC(=O)c2ccc(Cl)c([N+](=O)[O-])c2)c1. The molecule has 1 N–H and O–H groups in total. The Balaban J connectivity index is 1.87. The van der Waals surface area contributed by atoms with E-state index < -0.39 is 22.1 Å². The van der Waals surface area contributed by atoms with Crippen molar-refractivity contribution >= 4 is 34.1 Å². The van der Waals surface area contributed by atoms with Gasteiger partial charge >= 0.3 is 0 Å². The van der Waals surface area contributed by atoms with Crippen LogP contribution in [0.2, 0.25) is 5.02 Å². The first-order valence-electron chi connectivity index (χ1n) is 9.19. The predicted octanol–water partition coefficient (Wildman–Crippen LogP) is 4.32. The summed E-state index contributed by atoms with van der Waals surface area (Å²) in [4.78, 5) is 41.1. The Hall–Kier alpha value is -4.04. The summed E-state index contributed by atoms with van der Waals surface area (Å²) >= 11 is 5.83. The molecule has 1 heterocycles. The van der Waals surface area contributed by atoms with Gasteiger partial charge in [0.15, 0.2) is 5.82 Å². The molecule has 0 unspecified atom stereocenters. The number of amides is 1. The Labute approximate surface area is 180 Å². The van der Waals surface area contributed by atoms with Gasteiger partial charge in [-0.3, -0.25) is 25.1 Å². The van der Waals surface area contributed by atoms with Crippen LogP contribution in [0.5, 0.6) is 0 Å². The molecule has 1 aromatic heterocycles. The van der Waals surface area contributed by atoms with E-state index in [1.165, 1.54) is 12.1 Å². The lowest BCUT2D eigenvalue weighted by Crippen LogP contribution is -2.35. The molecule has 0 aliphatic carbocycles. The second-order valence-corrected chi connectivity index (χ2v) is 7.23. The number of nitrogens with zero attached hydrogens (tertiary/aromatic N) is 3. The maximum absolute atomic E-state index is 13.2. The average molecular weight is 435 g/mol. The van der Waals surface area contributed by atoms with Crippen molar-refractivity contribution in [2.45, 2.75) is 6.92 Å². The number of rotatable bonds is 4. The zero-order valence-electron chi connectivity index (χ0n) is 16.2. The fraction of sp³-hybridized carbons (Fsp3) is 0.0455. The number of para-hydroxylation sites is 1. The minimum absolute atomic E-state index is 0.0219. The molecule has 4 aromatic rings. The van der Waals surface area contributed by atoms with Gasteiger partial charge in [0, 0.05) is 17.2 Å². The second kappa shape index (κ2) is 8.00. The molecule has 3 aromatic carbocycles. The van der Waals surface area contributed by atoms with Crippen LogP contribution < -0.4 is 11.0 Å². The van der Waals surface area contributed by atoms with Crippen LogP contribution in [-0.2, 0) is 0 Å². The monoisotopic (exact) mass is 434 g/mol. The summed E-state index contributed by atoms with van der Waals surface area (Å²) < 4.78 is 1.06. The molecule has 4 rings (SSSR count). The third-order valence-electron chi connectivity index (χ3n) is 4.67. The molecule has 0 bridgehead atoms. The van der Waals surface area contributed by atoms with Crippen LogP contribution in [0.25, 0.3) is 22.3 Å². The van der Waals surface area contributed by atoms with E-state index in [1.807, 2.05) is 25.1 Å². The minimum atomic E-state index is -0.715. The van der Waals surface area contributed by atoms with Gasteiger partial charge in [0.25, 0.3) is 17.2 Å². The summed E-state index contributed by atoms with van der Waals surface area (Å²) in [5, 5.41) is 11.4. The summed E-state index contributed by atoms with van der Waals surface area (Å²) in [5.74, 6) is -0.475. The lowest BCUT2D eigenvalue weighted by molar-refractivity contribution is -0.384. The van der Waals surface area contributed by atoms with Crippen LogP contribution in [0.1, 0.15) is 15.9 Å². The van der Waals surface area contributed by atoms with Crippen molar-refractivity contribution in [1.82, 2.24) is 9.66 Å². The van der Waals surface area contributed by atoms with E-state index in [1.54, 1.807) is 30.3 Å². The van der Waals surface area contributed by atoms with Gasteiger partial charge in [-0.1, -0.05) is 47.5 Å². The summed E-state index contributed by atoms with van der Waals surface area (Å²) in [5.41, 5.74) is 3.69. The first kappa shape index (κ1) is 20.2.